The molecule has 0 bridgehead atoms. The summed E-state index contributed by atoms with van der Waals surface area (Å²) in [6.07, 6.45) is 1.89. The number of anilines is 2. The topological polar surface area (TPSA) is 76.5 Å². The lowest BCUT2D eigenvalue weighted by Gasteiger charge is -2.13. The normalized spacial score (nSPS) is 10.5. The van der Waals surface area contributed by atoms with Crippen LogP contribution in [-0.2, 0) is 11.3 Å². The Kier molecular flexibility index (Phi) is 7.43. The zero-order valence-corrected chi connectivity index (χ0v) is 18.2. The molecule has 0 saturated carbocycles. The number of rotatable bonds is 10. The molecule has 0 aliphatic rings. The summed E-state index contributed by atoms with van der Waals surface area (Å²) >= 11 is 0. The third-order valence-electron chi connectivity index (χ3n) is 4.84. The maximum absolute atomic E-state index is 12.4. The molecule has 1 N–H and O–H groups in total. The van der Waals surface area contributed by atoms with Crippen LogP contribution in [-0.4, -0.2) is 42.2 Å². The van der Waals surface area contributed by atoms with Gasteiger partial charge in [-0.1, -0.05) is 12.1 Å². The molecule has 0 fully saturated rings. The molecular weight excluding hydrogens is 392 g/mol. The fourth-order valence-electron chi connectivity index (χ4n) is 3.12. The quantitative estimate of drug-likeness (QED) is 0.502. The van der Waals surface area contributed by atoms with E-state index in [1.807, 2.05) is 50.2 Å². The van der Waals surface area contributed by atoms with Gasteiger partial charge in [0.1, 0.15) is 11.6 Å². The number of aromatic nitrogens is 2. The van der Waals surface area contributed by atoms with Gasteiger partial charge in [0.2, 0.25) is 5.91 Å². The Balaban J connectivity index is 1.53. The molecule has 3 rings (SSSR count). The lowest BCUT2D eigenvalue weighted by atomic mass is 10.1. The predicted molar refractivity (Wildman–Crippen MR) is 122 cm³/mol. The maximum atomic E-state index is 12.4. The third-order valence-corrected chi connectivity index (χ3v) is 4.84. The fourth-order valence-corrected chi connectivity index (χ4v) is 3.12. The van der Waals surface area contributed by atoms with Gasteiger partial charge in [0.15, 0.2) is 5.78 Å². The monoisotopic (exact) mass is 420 g/mol. The summed E-state index contributed by atoms with van der Waals surface area (Å²) in [4.78, 5) is 26.8. The van der Waals surface area contributed by atoms with Gasteiger partial charge in [0.05, 0.1) is 19.3 Å². The van der Waals surface area contributed by atoms with Crippen LogP contribution < -0.4 is 15.0 Å². The average molecular weight is 421 g/mol. The first kappa shape index (κ1) is 22.1. The zero-order chi connectivity index (χ0) is 22.2. The minimum absolute atomic E-state index is 0.0762. The van der Waals surface area contributed by atoms with Crippen LogP contribution in [0.5, 0.6) is 5.75 Å². The van der Waals surface area contributed by atoms with E-state index in [9.17, 15) is 9.59 Å². The van der Waals surface area contributed by atoms with Crippen LogP contribution in [0, 0.1) is 0 Å². The summed E-state index contributed by atoms with van der Waals surface area (Å²) in [5.74, 6) is 1.04. The van der Waals surface area contributed by atoms with Gasteiger partial charge >= 0.3 is 0 Å². The Morgan fingerprint density at radius 2 is 1.71 bits per heavy atom. The second kappa shape index (κ2) is 10.4. The van der Waals surface area contributed by atoms with E-state index < -0.39 is 0 Å². The molecule has 0 radical (unpaired) electrons. The van der Waals surface area contributed by atoms with E-state index in [1.165, 1.54) is 0 Å². The Hall–Kier alpha value is -3.61. The minimum Gasteiger partial charge on any atom is -0.494 e. The molecule has 162 valence electrons. The van der Waals surface area contributed by atoms with Crippen LogP contribution in [0.25, 0.3) is 0 Å². The highest BCUT2D eigenvalue weighted by molar-refractivity contribution is 5.99. The SMILES string of the molecule is CCOc1ccc(C(=O)CCC(=O)Nc2ccnn2Cc2ccc(N(C)C)cc2)cc1. The van der Waals surface area contributed by atoms with E-state index in [0.29, 0.717) is 24.5 Å². The third kappa shape index (κ3) is 6.18. The zero-order valence-electron chi connectivity index (χ0n) is 18.2. The Bertz CT molecular complexity index is 1010. The van der Waals surface area contributed by atoms with Crippen LogP contribution in [0.4, 0.5) is 11.5 Å². The van der Waals surface area contributed by atoms with E-state index >= 15 is 0 Å². The molecule has 1 heterocycles. The Morgan fingerprint density at radius 3 is 2.35 bits per heavy atom. The van der Waals surface area contributed by atoms with Crippen molar-refractivity contribution in [3.63, 3.8) is 0 Å². The molecule has 0 aliphatic heterocycles. The maximum Gasteiger partial charge on any atom is 0.225 e. The molecule has 7 heteroatoms. The molecule has 0 aliphatic carbocycles. The van der Waals surface area contributed by atoms with Gasteiger partial charge in [-0.15, -0.1) is 0 Å². The summed E-state index contributed by atoms with van der Waals surface area (Å²) in [6.45, 7) is 3.03. The van der Waals surface area contributed by atoms with Crippen LogP contribution in [0.3, 0.4) is 0 Å². The molecule has 2 aromatic carbocycles. The van der Waals surface area contributed by atoms with E-state index in [2.05, 4.69) is 10.4 Å². The van der Waals surface area contributed by atoms with E-state index in [1.54, 1.807) is 41.2 Å². The Morgan fingerprint density at radius 1 is 1.00 bits per heavy atom. The molecule has 31 heavy (non-hydrogen) atoms. The van der Waals surface area contributed by atoms with Crippen molar-refractivity contribution < 1.29 is 14.3 Å². The lowest BCUT2D eigenvalue weighted by molar-refractivity contribution is -0.116. The smallest absolute Gasteiger partial charge is 0.225 e. The summed E-state index contributed by atoms with van der Waals surface area (Å²) in [5.41, 5.74) is 2.77. The van der Waals surface area contributed by atoms with Gasteiger partial charge in [0, 0.05) is 44.3 Å². The number of amides is 1. The Labute approximate surface area is 182 Å². The molecule has 1 amide bonds. The van der Waals surface area contributed by atoms with Crippen LogP contribution >= 0.6 is 0 Å². The van der Waals surface area contributed by atoms with Crippen molar-refractivity contribution >= 4 is 23.2 Å². The van der Waals surface area contributed by atoms with Gasteiger partial charge in [-0.3, -0.25) is 9.59 Å². The van der Waals surface area contributed by atoms with Crippen molar-refractivity contribution in [3.05, 3.63) is 71.9 Å². The highest BCUT2D eigenvalue weighted by Gasteiger charge is 2.12. The largest absolute Gasteiger partial charge is 0.494 e. The number of benzene rings is 2. The number of carbonyl (C=O) groups is 2. The first-order valence-corrected chi connectivity index (χ1v) is 10.3. The second-order valence-electron chi connectivity index (χ2n) is 7.36. The summed E-state index contributed by atoms with van der Waals surface area (Å²) in [5, 5.41) is 7.16. The van der Waals surface area contributed by atoms with Gasteiger partial charge in [-0.25, -0.2) is 4.68 Å². The molecule has 1 aromatic heterocycles. The molecule has 0 unspecified atom stereocenters. The van der Waals surface area contributed by atoms with Crippen molar-refractivity contribution in [1.29, 1.82) is 0 Å². The van der Waals surface area contributed by atoms with Crippen LogP contribution in [0.1, 0.15) is 35.7 Å². The first-order chi connectivity index (χ1) is 15.0. The van der Waals surface area contributed by atoms with Crippen molar-refractivity contribution in [1.82, 2.24) is 9.78 Å². The molecule has 0 spiro atoms. The summed E-state index contributed by atoms with van der Waals surface area (Å²) < 4.78 is 7.11. The highest BCUT2D eigenvalue weighted by Crippen LogP contribution is 2.16. The number of Topliss-reactive ketones (excluding diaryl/α,β-unsaturated/α-hetero) is 1. The highest BCUT2D eigenvalue weighted by atomic mass is 16.5. The summed E-state index contributed by atoms with van der Waals surface area (Å²) in [6, 6.07) is 16.9. The number of ketones is 1. The predicted octanol–water partition coefficient (Wildman–Crippen LogP) is 4.00. The van der Waals surface area contributed by atoms with Crippen molar-refractivity contribution in [2.75, 3.05) is 30.9 Å². The molecule has 0 atom stereocenters. The van der Waals surface area contributed by atoms with E-state index in [-0.39, 0.29) is 24.5 Å². The number of hydrogen-bond donors (Lipinski definition) is 1. The number of nitrogens with zero attached hydrogens (tertiary/aromatic N) is 3. The number of nitrogens with one attached hydrogen (secondary N) is 1. The molecule has 7 nitrogen and oxygen atoms in total. The van der Waals surface area contributed by atoms with Crippen LogP contribution in [0.2, 0.25) is 0 Å². The van der Waals surface area contributed by atoms with E-state index in [0.717, 1.165) is 17.0 Å². The van der Waals surface area contributed by atoms with E-state index in [4.69, 9.17) is 4.74 Å². The van der Waals surface area contributed by atoms with Gasteiger partial charge in [0.25, 0.3) is 0 Å². The number of hydrogen-bond acceptors (Lipinski definition) is 5. The second-order valence-corrected chi connectivity index (χ2v) is 7.36. The number of carbonyl (C=O) groups excluding carboxylic acids is 2. The lowest BCUT2D eigenvalue weighted by Crippen LogP contribution is -2.17. The molecule has 0 saturated heterocycles. The first-order valence-electron chi connectivity index (χ1n) is 10.3. The van der Waals surface area contributed by atoms with Gasteiger partial charge < -0.3 is 15.0 Å². The standard InChI is InChI=1S/C24H28N4O3/c1-4-31-21-11-7-19(8-12-21)22(29)13-14-24(30)26-23-15-16-25-28(23)17-18-5-9-20(10-6-18)27(2)3/h5-12,15-16H,4,13-14,17H2,1-3H3,(H,26,30). The summed E-state index contributed by atoms with van der Waals surface area (Å²) in [7, 11) is 3.99. The van der Waals surface area contributed by atoms with Gasteiger partial charge in [-0.05, 0) is 48.9 Å². The fraction of sp³-hybridized carbons (Fsp3) is 0.292. The van der Waals surface area contributed by atoms with Gasteiger partial charge in [-0.2, -0.15) is 5.10 Å². The minimum atomic E-state index is -0.219. The van der Waals surface area contributed by atoms with Crippen molar-refractivity contribution in [3.8, 4) is 5.75 Å². The molecular formula is C24H28N4O3. The average Bonchev–Trinajstić information content (AvgIpc) is 3.19. The molecule has 3 aromatic rings. The van der Waals surface area contributed by atoms with Crippen molar-refractivity contribution in [2.45, 2.75) is 26.3 Å². The van der Waals surface area contributed by atoms with Crippen molar-refractivity contribution in [2.24, 2.45) is 0 Å². The van der Waals surface area contributed by atoms with Crippen LogP contribution in [0.15, 0.2) is 60.8 Å². The number of ether oxygens (including phenoxy) is 1.